The number of urea groups is 1. The number of carbonyl (C=O) groups excluding carboxylic acids is 1. The zero-order chi connectivity index (χ0) is 12.5. The van der Waals surface area contributed by atoms with Gasteiger partial charge in [0.1, 0.15) is 0 Å². The number of thiophene rings is 1. The monoisotopic (exact) mass is 264 g/mol. The van der Waals surface area contributed by atoms with Crippen LogP contribution in [0.5, 0.6) is 0 Å². The number of hydrogen-bond donors (Lipinski definition) is 0. The molecule has 1 unspecified atom stereocenters. The van der Waals surface area contributed by atoms with Gasteiger partial charge >= 0.3 is 6.03 Å². The van der Waals surface area contributed by atoms with Crippen molar-refractivity contribution in [2.75, 3.05) is 19.6 Å². The molecule has 3 nitrogen and oxygen atoms in total. The average Bonchev–Trinajstić information content (AvgIpc) is 2.89. The second-order valence-electron chi connectivity index (χ2n) is 5.25. The fourth-order valence-electron chi connectivity index (χ4n) is 3.04. The lowest BCUT2D eigenvalue weighted by Crippen LogP contribution is -2.48. The van der Waals surface area contributed by atoms with Crippen LogP contribution in [0.15, 0.2) is 11.4 Å². The van der Waals surface area contributed by atoms with Crippen LogP contribution < -0.4 is 0 Å². The number of hydrogen-bond acceptors (Lipinski definition) is 2. The summed E-state index contributed by atoms with van der Waals surface area (Å²) in [7, 11) is 0. The Morgan fingerprint density at radius 1 is 1.28 bits per heavy atom. The zero-order valence-electron chi connectivity index (χ0n) is 10.9. The van der Waals surface area contributed by atoms with Crippen molar-refractivity contribution in [3.05, 3.63) is 21.9 Å². The van der Waals surface area contributed by atoms with Gasteiger partial charge in [0.2, 0.25) is 0 Å². The Labute approximate surface area is 112 Å². The van der Waals surface area contributed by atoms with Crippen molar-refractivity contribution in [3.8, 4) is 0 Å². The highest BCUT2D eigenvalue weighted by atomic mass is 32.1. The molecule has 98 valence electrons. The number of fused-ring (bicyclic) bond motifs is 1. The Balaban J connectivity index is 1.75. The topological polar surface area (TPSA) is 23.6 Å². The van der Waals surface area contributed by atoms with Crippen molar-refractivity contribution >= 4 is 17.4 Å². The molecule has 3 rings (SSSR count). The standard InChI is InChI=1S/C14H20N2OS/c1-11-12-6-10-18-13(12)5-9-16(11)14(17)15-7-3-2-4-8-15/h6,10-11H,2-5,7-9H2,1H3. The summed E-state index contributed by atoms with van der Waals surface area (Å²) in [5.41, 5.74) is 1.36. The maximum atomic E-state index is 12.6. The zero-order valence-corrected chi connectivity index (χ0v) is 11.7. The van der Waals surface area contributed by atoms with Gasteiger partial charge in [0.05, 0.1) is 6.04 Å². The van der Waals surface area contributed by atoms with E-state index in [0.29, 0.717) is 0 Å². The SMILES string of the molecule is CC1c2ccsc2CCN1C(=O)N1CCCCC1. The molecule has 0 aromatic carbocycles. The molecule has 0 bridgehead atoms. The van der Waals surface area contributed by atoms with Crippen molar-refractivity contribution in [1.29, 1.82) is 0 Å². The highest BCUT2D eigenvalue weighted by molar-refractivity contribution is 7.10. The normalized spacial score (nSPS) is 23.9. The van der Waals surface area contributed by atoms with E-state index >= 15 is 0 Å². The van der Waals surface area contributed by atoms with Crippen molar-refractivity contribution < 1.29 is 4.79 Å². The van der Waals surface area contributed by atoms with Gasteiger partial charge in [-0.05, 0) is 49.6 Å². The summed E-state index contributed by atoms with van der Waals surface area (Å²) in [6, 6.07) is 2.67. The summed E-state index contributed by atoms with van der Waals surface area (Å²) in [5.74, 6) is 0. The third-order valence-electron chi connectivity index (χ3n) is 4.15. The van der Waals surface area contributed by atoms with Crippen LogP contribution in [0.4, 0.5) is 4.79 Å². The van der Waals surface area contributed by atoms with E-state index in [2.05, 4.69) is 23.3 Å². The first-order valence-corrected chi connectivity index (χ1v) is 7.77. The smallest absolute Gasteiger partial charge is 0.320 e. The summed E-state index contributed by atoms with van der Waals surface area (Å²) in [6.07, 6.45) is 4.63. The maximum Gasteiger partial charge on any atom is 0.320 e. The van der Waals surface area contributed by atoms with E-state index in [1.54, 1.807) is 0 Å². The molecule has 18 heavy (non-hydrogen) atoms. The van der Waals surface area contributed by atoms with E-state index in [9.17, 15) is 4.79 Å². The van der Waals surface area contributed by atoms with Gasteiger partial charge in [-0.25, -0.2) is 4.79 Å². The molecule has 0 aliphatic carbocycles. The van der Waals surface area contributed by atoms with E-state index in [1.165, 1.54) is 16.9 Å². The molecule has 2 aliphatic heterocycles. The first-order chi connectivity index (χ1) is 8.77. The minimum Gasteiger partial charge on any atom is -0.325 e. The molecule has 0 radical (unpaired) electrons. The quantitative estimate of drug-likeness (QED) is 0.705. The third-order valence-corrected chi connectivity index (χ3v) is 5.15. The second-order valence-corrected chi connectivity index (χ2v) is 6.25. The third kappa shape index (κ3) is 2.03. The maximum absolute atomic E-state index is 12.6. The summed E-state index contributed by atoms with van der Waals surface area (Å²) in [6.45, 7) is 4.92. The van der Waals surface area contributed by atoms with Gasteiger partial charge in [-0.1, -0.05) is 0 Å². The van der Waals surface area contributed by atoms with Crippen LogP contribution >= 0.6 is 11.3 Å². The van der Waals surface area contributed by atoms with Crippen LogP contribution in [-0.2, 0) is 6.42 Å². The van der Waals surface area contributed by atoms with Crippen LogP contribution in [0, 0.1) is 0 Å². The lowest BCUT2D eigenvalue weighted by atomic mass is 10.0. The molecular weight excluding hydrogens is 244 g/mol. The largest absolute Gasteiger partial charge is 0.325 e. The predicted molar refractivity (Wildman–Crippen MR) is 74.0 cm³/mol. The molecule has 3 heterocycles. The van der Waals surface area contributed by atoms with Gasteiger partial charge in [0.25, 0.3) is 0 Å². The molecule has 1 atom stereocenters. The van der Waals surface area contributed by atoms with Crippen molar-refractivity contribution in [1.82, 2.24) is 9.80 Å². The van der Waals surface area contributed by atoms with Gasteiger partial charge in [-0.15, -0.1) is 11.3 Å². The number of likely N-dealkylation sites (tertiary alicyclic amines) is 1. The summed E-state index contributed by atoms with van der Waals surface area (Å²) >= 11 is 1.83. The lowest BCUT2D eigenvalue weighted by Gasteiger charge is -2.38. The molecule has 1 aromatic heterocycles. The first-order valence-electron chi connectivity index (χ1n) is 6.89. The fraction of sp³-hybridized carbons (Fsp3) is 0.643. The van der Waals surface area contributed by atoms with E-state index in [-0.39, 0.29) is 12.1 Å². The summed E-state index contributed by atoms with van der Waals surface area (Å²) < 4.78 is 0. The van der Waals surface area contributed by atoms with Crippen LogP contribution in [-0.4, -0.2) is 35.5 Å². The van der Waals surface area contributed by atoms with Crippen LogP contribution in [0.2, 0.25) is 0 Å². The average molecular weight is 264 g/mol. The molecule has 0 N–H and O–H groups in total. The Morgan fingerprint density at radius 2 is 2.06 bits per heavy atom. The number of nitrogens with zero attached hydrogens (tertiary/aromatic N) is 2. The van der Waals surface area contributed by atoms with Gasteiger partial charge < -0.3 is 9.80 Å². The van der Waals surface area contributed by atoms with Crippen LogP contribution in [0.25, 0.3) is 0 Å². The Bertz CT molecular complexity index is 437. The molecule has 0 saturated carbocycles. The lowest BCUT2D eigenvalue weighted by molar-refractivity contribution is 0.125. The van der Waals surface area contributed by atoms with Crippen molar-refractivity contribution in [2.24, 2.45) is 0 Å². The van der Waals surface area contributed by atoms with Crippen LogP contribution in [0.3, 0.4) is 0 Å². The molecule has 2 aliphatic rings. The molecular formula is C14H20N2OS. The Hall–Kier alpha value is -1.03. The molecule has 1 saturated heterocycles. The van der Waals surface area contributed by atoms with Gasteiger partial charge in [-0.3, -0.25) is 0 Å². The van der Waals surface area contributed by atoms with Crippen molar-refractivity contribution in [2.45, 2.75) is 38.6 Å². The molecule has 0 spiro atoms. The van der Waals surface area contributed by atoms with Crippen molar-refractivity contribution in [3.63, 3.8) is 0 Å². The minimum absolute atomic E-state index is 0.245. The summed E-state index contributed by atoms with van der Waals surface area (Å²) in [4.78, 5) is 18.1. The van der Waals surface area contributed by atoms with E-state index in [4.69, 9.17) is 0 Å². The Kier molecular flexibility index (Phi) is 3.29. The van der Waals surface area contributed by atoms with E-state index in [1.807, 2.05) is 16.2 Å². The molecule has 2 amide bonds. The number of rotatable bonds is 0. The van der Waals surface area contributed by atoms with Crippen LogP contribution in [0.1, 0.15) is 42.7 Å². The number of piperidine rings is 1. The highest BCUT2D eigenvalue weighted by Crippen LogP contribution is 2.33. The molecule has 1 aromatic rings. The molecule has 4 heteroatoms. The first kappa shape index (κ1) is 12.0. The molecule has 1 fully saturated rings. The Morgan fingerprint density at radius 3 is 2.83 bits per heavy atom. The predicted octanol–water partition coefficient (Wildman–Crippen LogP) is 3.27. The number of amides is 2. The summed E-state index contributed by atoms with van der Waals surface area (Å²) in [5, 5.41) is 2.15. The van der Waals surface area contributed by atoms with Gasteiger partial charge in [0.15, 0.2) is 0 Å². The highest BCUT2D eigenvalue weighted by Gasteiger charge is 2.31. The minimum atomic E-state index is 0.245. The fourth-order valence-corrected chi connectivity index (χ4v) is 4.00. The van der Waals surface area contributed by atoms with Gasteiger partial charge in [-0.2, -0.15) is 0 Å². The van der Waals surface area contributed by atoms with E-state index < -0.39 is 0 Å². The van der Waals surface area contributed by atoms with E-state index in [0.717, 1.165) is 38.9 Å². The number of carbonyl (C=O) groups is 1. The van der Waals surface area contributed by atoms with Gasteiger partial charge in [0, 0.05) is 24.5 Å². The second kappa shape index (κ2) is 4.92.